The third-order valence-electron chi connectivity index (χ3n) is 6.54. The summed E-state index contributed by atoms with van der Waals surface area (Å²) >= 11 is 1.67. The zero-order valence-electron chi connectivity index (χ0n) is 20.1. The van der Waals surface area contributed by atoms with Crippen molar-refractivity contribution in [2.24, 2.45) is 5.92 Å². The van der Waals surface area contributed by atoms with Crippen LogP contribution in [0.1, 0.15) is 64.1 Å². The summed E-state index contributed by atoms with van der Waals surface area (Å²) in [6.45, 7) is 9.43. The van der Waals surface area contributed by atoms with Crippen molar-refractivity contribution < 1.29 is 9.59 Å². The number of hydrogen-bond acceptors (Lipinski definition) is 6. The number of amides is 2. The predicted molar refractivity (Wildman–Crippen MR) is 133 cm³/mol. The van der Waals surface area contributed by atoms with Crippen molar-refractivity contribution in [1.29, 1.82) is 0 Å². The van der Waals surface area contributed by atoms with E-state index >= 15 is 0 Å². The second-order valence-electron chi connectivity index (χ2n) is 9.22. The smallest absolute Gasteiger partial charge is 0.262 e. The Bertz CT molecular complexity index is 1400. The molecule has 0 saturated carbocycles. The second-order valence-corrected chi connectivity index (χ2v) is 10.2. The molecule has 0 radical (unpaired) electrons. The largest absolute Gasteiger partial charge is 0.329 e. The summed E-state index contributed by atoms with van der Waals surface area (Å²) in [5, 5.41) is 5.68. The Kier molecular flexibility index (Phi) is 5.67. The maximum Gasteiger partial charge on any atom is 0.262 e. The Morgan fingerprint density at radius 1 is 1.03 bits per heavy atom. The van der Waals surface area contributed by atoms with E-state index in [-0.39, 0.29) is 11.8 Å². The minimum absolute atomic E-state index is 0.288. The van der Waals surface area contributed by atoms with Gasteiger partial charge in [-0.1, -0.05) is 26.0 Å². The topological polar surface area (TPSA) is 85.4 Å². The number of rotatable bonds is 7. The molecule has 4 heterocycles. The van der Waals surface area contributed by atoms with Crippen molar-refractivity contribution in [2.45, 2.75) is 46.7 Å². The molecule has 0 fully saturated rings. The Morgan fingerprint density at radius 3 is 2.32 bits per heavy atom. The first kappa shape index (κ1) is 22.6. The van der Waals surface area contributed by atoms with Gasteiger partial charge in [0.05, 0.1) is 16.5 Å². The maximum absolute atomic E-state index is 13.2. The first-order valence-corrected chi connectivity index (χ1v) is 12.9. The molecule has 0 saturated heterocycles. The summed E-state index contributed by atoms with van der Waals surface area (Å²) in [7, 11) is 0. The summed E-state index contributed by atoms with van der Waals surface area (Å²) in [5.74, 6) is 1.13. The fourth-order valence-electron chi connectivity index (χ4n) is 4.77. The van der Waals surface area contributed by atoms with Crippen LogP contribution in [0.2, 0.25) is 0 Å². The highest BCUT2D eigenvalue weighted by Crippen LogP contribution is 2.34. The minimum Gasteiger partial charge on any atom is -0.329 e. The quantitative estimate of drug-likeness (QED) is 0.367. The second kappa shape index (κ2) is 8.54. The lowest BCUT2D eigenvalue weighted by Gasteiger charge is -2.23. The summed E-state index contributed by atoms with van der Waals surface area (Å²) in [6.07, 6.45) is 4.26. The lowest BCUT2D eigenvalue weighted by atomic mass is 10.1. The fraction of sp³-hybridized carbons (Fsp3) is 0.400. The number of nitrogens with zero attached hydrogens (tertiary/aromatic N) is 6. The third kappa shape index (κ3) is 3.41. The number of benzene rings is 1. The number of fused-ring (bicyclic) bond motifs is 4. The van der Waals surface area contributed by atoms with Crippen LogP contribution in [-0.4, -0.2) is 52.9 Å². The lowest BCUT2D eigenvalue weighted by Crippen LogP contribution is -2.35. The van der Waals surface area contributed by atoms with Crippen molar-refractivity contribution in [3.8, 4) is 0 Å². The number of aromatic nitrogens is 5. The van der Waals surface area contributed by atoms with Gasteiger partial charge in [0.25, 0.3) is 11.8 Å². The Hall–Kier alpha value is -3.20. The first-order valence-electron chi connectivity index (χ1n) is 11.5. The van der Waals surface area contributed by atoms with Crippen LogP contribution in [0.3, 0.4) is 0 Å². The van der Waals surface area contributed by atoms with Crippen molar-refractivity contribution in [3.63, 3.8) is 0 Å². The summed E-state index contributed by atoms with van der Waals surface area (Å²) < 4.78 is 3.91. The van der Waals surface area contributed by atoms with E-state index in [9.17, 15) is 9.59 Å². The number of hydrogen-bond donors (Lipinski definition) is 0. The van der Waals surface area contributed by atoms with Crippen LogP contribution in [0.15, 0.2) is 30.6 Å². The standard InChI is InChI=1S/C25H28N6O2S/c1-14(2)12-29-16(4)15(3)20-22(29)26-13-30-23(20)27-21(28-30)19(10-11-34-5)31-24(32)17-8-6-7-9-18(17)25(31)33/h6-9,13-14,19H,10-12H2,1-5H3. The van der Waals surface area contributed by atoms with E-state index in [0.29, 0.717) is 34.9 Å². The molecule has 1 unspecified atom stereocenters. The number of thioether (sulfide) groups is 1. The molecule has 5 rings (SSSR count). The van der Waals surface area contributed by atoms with E-state index in [0.717, 1.165) is 34.6 Å². The molecule has 0 spiro atoms. The maximum atomic E-state index is 13.2. The van der Waals surface area contributed by atoms with Gasteiger partial charge in [0.15, 0.2) is 11.5 Å². The summed E-state index contributed by atoms with van der Waals surface area (Å²) in [6, 6.07) is 6.42. The molecule has 8 nitrogen and oxygen atoms in total. The molecule has 9 heteroatoms. The van der Waals surface area contributed by atoms with Crippen LogP contribution in [0.25, 0.3) is 16.7 Å². The number of aryl methyl sites for hydroxylation is 1. The van der Waals surface area contributed by atoms with E-state index in [1.165, 1.54) is 4.90 Å². The van der Waals surface area contributed by atoms with Crippen LogP contribution < -0.4 is 0 Å². The van der Waals surface area contributed by atoms with Crippen molar-refractivity contribution in [1.82, 2.24) is 29.0 Å². The molecule has 176 valence electrons. The van der Waals surface area contributed by atoms with Crippen LogP contribution in [0.4, 0.5) is 0 Å². The van der Waals surface area contributed by atoms with Gasteiger partial charge in [-0.15, -0.1) is 5.10 Å². The molecule has 0 aliphatic carbocycles. The molecule has 4 aromatic rings. The lowest BCUT2D eigenvalue weighted by molar-refractivity contribution is 0.0571. The summed E-state index contributed by atoms with van der Waals surface area (Å²) in [5.41, 5.74) is 4.74. The highest BCUT2D eigenvalue weighted by Gasteiger charge is 2.41. The predicted octanol–water partition coefficient (Wildman–Crippen LogP) is 4.44. The fourth-order valence-corrected chi connectivity index (χ4v) is 5.23. The molecule has 1 aliphatic heterocycles. The molecule has 1 aromatic carbocycles. The number of imide groups is 1. The molecule has 0 N–H and O–H groups in total. The molecule has 1 aliphatic rings. The van der Waals surface area contributed by atoms with Gasteiger partial charge in [0.1, 0.15) is 18.0 Å². The average Bonchev–Trinajstić information content (AvgIpc) is 3.43. The van der Waals surface area contributed by atoms with Crippen molar-refractivity contribution >= 4 is 40.3 Å². The highest BCUT2D eigenvalue weighted by molar-refractivity contribution is 7.98. The van der Waals surface area contributed by atoms with E-state index in [4.69, 9.17) is 15.1 Å². The monoisotopic (exact) mass is 476 g/mol. The van der Waals surface area contributed by atoms with Gasteiger partial charge in [-0.3, -0.25) is 14.5 Å². The van der Waals surface area contributed by atoms with Gasteiger partial charge in [0, 0.05) is 12.2 Å². The molecule has 34 heavy (non-hydrogen) atoms. The minimum atomic E-state index is -0.547. The number of carbonyl (C=O) groups is 2. The van der Waals surface area contributed by atoms with Crippen LogP contribution in [0.5, 0.6) is 0 Å². The highest BCUT2D eigenvalue weighted by atomic mass is 32.2. The normalized spacial score (nSPS) is 14.7. The van der Waals surface area contributed by atoms with Crippen molar-refractivity contribution in [3.05, 3.63) is 58.8 Å². The molecular weight excluding hydrogens is 448 g/mol. The third-order valence-corrected chi connectivity index (χ3v) is 7.18. The van der Waals surface area contributed by atoms with Gasteiger partial charge in [0.2, 0.25) is 0 Å². The molecular formula is C25H28N6O2S. The molecule has 3 aromatic heterocycles. The van der Waals surface area contributed by atoms with Gasteiger partial charge >= 0.3 is 0 Å². The molecule has 2 amide bonds. The average molecular weight is 477 g/mol. The van der Waals surface area contributed by atoms with Gasteiger partial charge in [-0.05, 0) is 55.9 Å². The van der Waals surface area contributed by atoms with Gasteiger partial charge < -0.3 is 4.57 Å². The Labute approximate surface area is 202 Å². The van der Waals surface area contributed by atoms with Crippen molar-refractivity contribution in [2.75, 3.05) is 12.0 Å². The SMILES string of the molecule is CSCCC(c1nc2c3c(C)c(C)n(CC(C)C)c3ncn2n1)N1C(=O)c2ccccc2C1=O. The van der Waals surface area contributed by atoms with Gasteiger partial charge in [-0.25, -0.2) is 14.5 Å². The van der Waals surface area contributed by atoms with E-state index in [2.05, 4.69) is 32.3 Å². The Morgan fingerprint density at radius 2 is 1.71 bits per heavy atom. The van der Waals surface area contributed by atoms with Crippen LogP contribution >= 0.6 is 11.8 Å². The Balaban J connectivity index is 1.65. The zero-order valence-corrected chi connectivity index (χ0v) is 20.9. The first-order chi connectivity index (χ1) is 16.3. The molecule has 1 atom stereocenters. The molecule has 0 bridgehead atoms. The van der Waals surface area contributed by atoms with Gasteiger partial charge in [-0.2, -0.15) is 11.8 Å². The van der Waals surface area contributed by atoms with E-state index in [1.54, 1.807) is 46.9 Å². The van der Waals surface area contributed by atoms with Crippen LogP contribution in [-0.2, 0) is 6.54 Å². The van der Waals surface area contributed by atoms with Crippen LogP contribution in [0, 0.1) is 19.8 Å². The number of carbonyl (C=O) groups excluding carboxylic acids is 2. The van der Waals surface area contributed by atoms with E-state index in [1.807, 2.05) is 6.26 Å². The summed E-state index contributed by atoms with van der Waals surface area (Å²) in [4.78, 5) is 37.4. The van der Waals surface area contributed by atoms with E-state index < -0.39 is 6.04 Å². The zero-order chi connectivity index (χ0) is 24.1.